The molecule has 3 atom stereocenters. The van der Waals surface area contributed by atoms with Gasteiger partial charge in [-0.3, -0.25) is 0 Å². The van der Waals surface area contributed by atoms with Crippen LogP contribution < -0.4 is 0 Å². The van der Waals surface area contributed by atoms with Crippen molar-refractivity contribution in [1.29, 1.82) is 0 Å². The zero-order valence-electron chi connectivity index (χ0n) is 11.3. The molecule has 2 unspecified atom stereocenters. The maximum Gasteiger partial charge on any atom is 0.0273 e. The fourth-order valence-corrected chi connectivity index (χ4v) is 2.14. The average Bonchev–Trinajstić information content (AvgIpc) is 2.16. The monoisotopic (exact) mass is 212 g/mol. The maximum atomic E-state index is 4.11. The number of hydrogen-bond donors (Lipinski definition) is 0. The van der Waals surface area contributed by atoms with Gasteiger partial charge in [0.05, 0.1) is 0 Å². The molecule has 0 aliphatic rings. The molecule has 90 valence electrons. The van der Waals surface area contributed by atoms with E-state index in [-0.39, 0.29) is 0 Å². The van der Waals surface area contributed by atoms with Crippen molar-refractivity contribution < 1.29 is 0 Å². The first-order valence-electron chi connectivity index (χ1n) is 6.11. The van der Waals surface area contributed by atoms with E-state index in [0.29, 0.717) is 12.0 Å². The Hall–Kier alpha value is -0.370. The van der Waals surface area contributed by atoms with Crippen LogP contribution in [0.2, 0.25) is 0 Å². The lowest BCUT2D eigenvalue weighted by atomic mass is 9.87. The van der Waals surface area contributed by atoms with Gasteiger partial charge in [-0.05, 0) is 45.7 Å². The van der Waals surface area contributed by atoms with Gasteiger partial charge in [-0.2, -0.15) is 0 Å². The summed E-state index contributed by atoms with van der Waals surface area (Å²) in [5.41, 5.74) is 0. The quantitative estimate of drug-likeness (QED) is 0.592. The predicted molar refractivity (Wildman–Crippen MR) is 69.7 cm³/mol. The highest BCUT2D eigenvalue weighted by Crippen LogP contribution is 2.22. The molecule has 0 N–H and O–H groups in total. The van der Waals surface area contributed by atoms with Crippen molar-refractivity contribution >= 4 is 6.21 Å². The van der Waals surface area contributed by atoms with Crippen molar-refractivity contribution in [3.05, 3.63) is 0 Å². The van der Waals surface area contributed by atoms with Crippen molar-refractivity contribution in [3.63, 3.8) is 0 Å². The van der Waals surface area contributed by atoms with E-state index in [0.717, 1.165) is 5.92 Å². The zero-order chi connectivity index (χ0) is 11.8. The second-order valence-electron chi connectivity index (χ2n) is 4.87. The Morgan fingerprint density at radius 1 is 1.27 bits per heavy atom. The Balaban J connectivity index is 4.25. The zero-order valence-corrected chi connectivity index (χ0v) is 11.3. The van der Waals surface area contributed by atoms with Gasteiger partial charge >= 0.3 is 0 Å². The number of hydrogen-bond acceptors (Lipinski definition) is 2. The summed E-state index contributed by atoms with van der Waals surface area (Å²) in [5, 5.41) is 0. The lowest BCUT2D eigenvalue weighted by Gasteiger charge is -2.30. The second-order valence-corrected chi connectivity index (χ2v) is 4.87. The van der Waals surface area contributed by atoms with Crippen molar-refractivity contribution in [3.8, 4) is 0 Å². The van der Waals surface area contributed by atoms with Gasteiger partial charge in [-0.25, -0.2) is 0 Å². The maximum absolute atomic E-state index is 4.11. The van der Waals surface area contributed by atoms with Crippen LogP contribution in [0.3, 0.4) is 0 Å². The third-order valence-corrected chi connectivity index (χ3v) is 3.23. The molecule has 0 aromatic heterocycles. The lowest BCUT2D eigenvalue weighted by Crippen LogP contribution is -2.33. The summed E-state index contributed by atoms with van der Waals surface area (Å²) in [4.78, 5) is 6.44. The molecule has 0 aliphatic heterocycles. The minimum Gasteiger partial charge on any atom is -0.306 e. The standard InChI is InChI=1S/C13H28N2/c1-7-8-13(12(3)15(5)6)9-11(2)10-14-4/h10-13H,7-9H2,1-6H3/t11?,12?,13-/m0/s1. The van der Waals surface area contributed by atoms with Crippen molar-refractivity contribution in [1.82, 2.24) is 4.90 Å². The summed E-state index contributed by atoms with van der Waals surface area (Å²) in [5.74, 6) is 1.40. The first kappa shape index (κ1) is 14.6. The van der Waals surface area contributed by atoms with E-state index in [4.69, 9.17) is 0 Å². The molecular formula is C13H28N2. The Labute approximate surface area is 95.8 Å². The molecular weight excluding hydrogens is 184 g/mol. The van der Waals surface area contributed by atoms with E-state index < -0.39 is 0 Å². The number of nitrogens with zero attached hydrogens (tertiary/aromatic N) is 2. The summed E-state index contributed by atoms with van der Waals surface area (Å²) in [7, 11) is 6.21. The number of aliphatic imine (C=N–C) groups is 1. The molecule has 0 fully saturated rings. The molecule has 15 heavy (non-hydrogen) atoms. The molecule has 0 aromatic carbocycles. The topological polar surface area (TPSA) is 15.6 Å². The van der Waals surface area contributed by atoms with Crippen LogP contribution in [-0.4, -0.2) is 38.3 Å². The van der Waals surface area contributed by atoms with E-state index in [2.05, 4.69) is 51.0 Å². The minimum atomic E-state index is 0.606. The lowest BCUT2D eigenvalue weighted by molar-refractivity contribution is 0.199. The summed E-state index contributed by atoms with van der Waals surface area (Å²) in [6.07, 6.45) is 5.93. The summed E-state index contributed by atoms with van der Waals surface area (Å²) in [6.45, 7) is 6.86. The Bertz CT molecular complexity index is 175. The van der Waals surface area contributed by atoms with Crippen LogP contribution in [0.4, 0.5) is 0 Å². The smallest absolute Gasteiger partial charge is 0.0273 e. The normalized spacial score (nSPS) is 18.3. The van der Waals surface area contributed by atoms with E-state index in [1.807, 2.05) is 7.05 Å². The molecule has 0 saturated carbocycles. The molecule has 0 heterocycles. The Kier molecular flexibility index (Phi) is 7.67. The van der Waals surface area contributed by atoms with Crippen molar-refractivity contribution in [2.75, 3.05) is 21.1 Å². The highest BCUT2D eigenvalue weighted by Gasteiger charge is 2.19. The van der Waals surface area contributed by atoms with Crippen LogP contribution in [0.1, 0.15) is 40.0 Å². The third-order valence-electron chi connectivity index (χ3n) is 3.23. The molecule has 0 aromatic rings. The van der Waals surface area contributed by atoms with Gasteiger partial charge in [0, 0.05) is 19.3 Å². The van der Waals surface area contributed by atoms with Gasteiger partial charge in [-0.1, -0.05) is 20.3 Å². The summed E-state index contributed by atoms with van der Waals surface area (Å²) in [6, 6.07) is 0.664. The van der Waals surface area contributed by atoms with Gasteiger partial charge in [0.15, 0.2) is 0 Å². The average molecular weight is 212 g/mol. The second kappa shape index (κ2) is 7.86. The van der Waals surface area contributed by atoms with Gasteiger partial charge in [-0.15, -0.1) is 0 Å². The van der Waals surface area contributed by atoms with Crippen molar-refractivity contribution in [2.24, 2.45) is 16.8 Å². The van der Waals surface area contributed by atoms with Crippen LogP contribution in [0.5, 0.6) is 0 Å². The summed E-state index contributed by atoms with van der Waals surface area (Å²) >= 11 is 0. The molecule has 2 nitrogen and oxygen atoms in total. The highest BCUT2D eigenvalue weighted by atomic mass is 15.1. The molecule has 0 spiro atoms. The van der Waals surface area contributed by atoms with Gasteiger partial charge < -0.3 is 9.89 Å². The minimum absolute atomic E-state index is 0.606. The molecule has 2 heteroatoms. The van der Waals surface area contributed by atoms with Crippen molar-refractivity contribution in [2.45, 2.75) is 46.1 Å². The fraction of sp³-hybridized carbons (Fsp3) is 0.923. The highest BCUT2D eigenvalue weighted by molar-refractivity contribution is 5.59. The Morgan fingerprint density at radius 2 is 1.87 bits per heavy atom. The van der Waals surface area contributed by atoms with Gasteiger partial charge in [0.25, 0.3) is 0 Å². The Morgan fingerprint density at radius 3 is 2.27 bits per heavy atom. The molecule has 0 radical (unpaired) electrons. The molecule has 0 saturated heterocycles. The first-order valence-corrected chi connectivity index (χ1v) is 6.11. The molecule has 0 aliphatic carbocycles. The van der Waals surface area contributed by atoms with Gasteiger partial charge in [0.1, 0.15) is 0 Å². The van der Waals surface area contributed by atoms with E-state index in [1.54, 1.807) is 0 Å². The van der Waals surface area contributed by atoms with Crippen LogP contribution in [0, 0.1) is 11.8 Å². The molecule has 0 bridgehead atoms. The fourth-order valence-electron chi connectivity index (χ4n) is 2.14. The van der Waals surface area contributed by atoms with Crippen LogP contribution in [-0.2, 0) is 0 Å². The SMILES string of the molecule is CCC[C@@H](CC(C)C=NC)C(C)N(C)C. The van der Waals surface area contributed by atoms with Crippen LogP contribution in [0.25, 0.3) is 0 Å². The largest absolute Gasteiger partial charge is 0.306 e. The van der Waals surface area contributed by atoms with Crippen LogP contribution >= 0.6 is 0 Å². The number of rotatable bonds is 7. The van der Waals surface area contributed by atoms with E-state index in [1.165, 1.54) is 19.3 Å². The first-order chi connectivity index (χ1) is 7.02. The third kappa shape index (κ3) is 5.93. The predicted octanol–water partition coefficient (Wildman–Crippen LogP) is 3.08. The summed E-state index contributed by atoms with van der Waals surface area (Å²) < 4.78 is 0. The van der Waals surface area contributed by atoms with E-state index >= 15 is 0 Å². The van der Waals surface area contributed by atoms with Gasteiger partial charge in [0.2, 0.25) is 0 Å². The van der Waals surface area contributed by atoms with E-state index in [9.17, 15) is 0 Å². The van der Waals surface area contributed by atoms with Crippen LogP contribution in [0.15, 0.2) is 4.99 Å². The molecule has 0 rings (SSSR count). The molecule has 0 amide bonds.